The average Bonchev–Trinajstić information content (AvgIpc) is 3.31. The monoisotopic (exact) mass is 534 g/mol. The number of nitrogens with zero attached hydrogens (tertiary/aromatic N) is 2. The van der Waals surface area contributed by atoms with Gasteiger partial charge >= 0.3 is 0 Å². The smallest absolute Gasteiger partial charge is 0.288 e. The molecule has 37 heavy (non-hydrogen) atoms. The molecule has 8 nitrogen and oxygen atoms in total. The Morgan fingerprint density at radius 3 is 2.65 bits per heavy atom. The minimum Gasteiger partial charge on any atom is -0.436 e. The van der Waals surface area contributed by atoms with Crippen molar-refractivity contribution < 1.29 is 14.1 Å². The SMILES string of the molecule is CCC(C)c1ccc2oc(-c3ccc(NC(=S)NC(=O)/C=C/c4ccc(Cl)c([N+](=O)[O-])c4)cc3)nc2c1. The summed E-state index contributed by atoms with van der Waals surface area (Å²) in [7, 11) is 0. The Hall–Kier alpha value is -4.08. The molecule has 188 valence electrons. The molecule has 0 aliphatic heterocycles. The molecule has 10 heteroatoms. The molecule has 0 saturated carbocycles. The van der Waals surface area contributed by atoms with Crippen LogP contribution in [0.1, 0.15) is 37.3 Å². The maximum absolute atomic E-state index is 12.2. The minimum atomic E-state index is -0.585. The van der Waals surface area contributed by atoms with Gasteiger partial charge in [0, 0.05) is 23.4 Å². The second-order valence-corrected chi connectivity index (χ2v) is 9.19. The van der Waals surface area contributed by atoms with Gasteiger partial charge in [0.2, 0.25) is 11.8 Å². The van der Waals surface area contributed by atoms with Gasteiger partial charge in [-0.05, 0) is 84.2 Å². The molecule has 4 aromatic rings. The fourth-order valence-electron chi connectivity index (χ4n) is 3.57. The number of hydrogen-bond donors (Lipinski definition) is 2. The molecule has 1 unspecified atom stereocenters. The van der Waals surface area contributed by atoms with Gasteiger partial charge in [0.05, 0.1) is 4.92 Å². The Morgan fingerprint density at radius 1 is 1.19 bits per heavy atom. The van der Waals surface area contributed by atoms with Crippen LogP contribution in [0.15, 0.2) is 71.2 Å². The molecule has 1 heterocycles. The summed E-state index contributed by atoms with van der Waals surface area (Å²) >= 11 is 11.0. The van der Waals surface area contributed by atoms with E-state index >= 15 is 0 Å². The Balaban J connectivity index is 1.37. The van der Waals surface area contributed by atoms with Crippen LogP contribution in [0.2, 0.25) is 5.02 Å². The van der Waals surface area contributed by atoms with Crippen molar-refractivity contribution in [3.63, 3.8) is 0 Å². The minimum absolute atomic E-state index is 0.0230. The number of anilines is 1. The number of thiocarbonyl (C=S) groups is 1. The highest BCUT2D eigenvalue weighted by Gasteiger charge is 2.13. The third-order valence-corrected chi connectivity index (χ3v) is 6.34. The third kappa shape index (κ3) is 6.38. The number of nitrogens with one attached hydrogen (secondary N) is 2. The quantitative estimate of drug-likeness (QED) is 0.113. The van der Waals surface area contributed by atoms with Gasteiger partial charge in [-0.2, -0.15) is 0 Å². The molecule has 3 aromatic carbocycles. The van der Waals surface area contributed by atoms with Crippen LogP contribution in [0.3, 0.4) is 0 Å². The van der Waals surface area contributed by atoms with Gasteiger partial charge in [0.1, 0.15) is 10.5 Å². The molecule has 1 atom stereocenters. The molecule has 0 bridgehead atoms. The number of carbonyl (C=O) groups is 1. The molecule has 2 N–H and O–H groups in total. The van der Waals surface area contributed by atoms with E-state index in [0.29, 0.717) is 23.1 Å². The van der Waals surface area contributed by atoms with Crippen LogP contribution in [0.4, 0.5) is 11.4 Å². The van der Waals surface area contributed by atoms with Crippen LogP contribution in [0.25, 0.3) is 28.6 Å². The molecule has 0 fully saturated rings. The van der Waals surface area contributed by atoms with E-state index in [0.717, 1.165) is 23.1 Å². The Bertz CT molecular complexity index is 1510. The zero-order valence-electron chi connectivity index (χ0n) is 20.0. The number of rotatable bonds is 7. The molecule has 0 aliphatic carbocycles. The molecule has 0 saturated heterocycles. The number of amides is 1. The standard InChI is InChI=1S/C27H23ClN4O4S/c1-3-16(2)19-8-12-24-22(15-19)30-26(36-24)18-6-9-20(10-7-18)29-27(37)31-25(33)13-5-17-4-11-21(28)23(14-17)32(34)35/h4-16H,3H2,1-2H3,(H2,29,31,33,37)/b13-5+. The summed E-state index contributed by atoms with van der Waals surface area (Å²) in [5.74, 6) is 0.481. The molecular weight excluding hydrogens is 512 g/mol. The number of aromatic nitrogens is 1. The first kappa shape index (κ1) is 26.0. The van der Waals surface area contributed by atoms with Crippen LogP contribution in [-0.2, 0) is 4.79 Å². The highest BCUT2D eigenvalue weighted by molar-refractivity contribution is 7.80. The number of oxazole rings is 1. The van der Waals surface area contributed by atoms with Gasteiger partial charge in [-0.25, -0.2) is 4.98 Å². The summed E-state index contributed by atoms with van der Waals surface area (Å²) in [6.45, 7) is 4.34. The van der Waals surface area contributed by atoms with Gasteiger partial charge in [0.25, 0.3) is 5.69 Å². The summed E-state index contributed by atoms with van der Waals surface area (Å²) in [5, 5.41) is 16.6. The van der Waals surface area contributed by atoms with Gasteiger partial charge in [-0.3, -0.25) is 20.2 Å². The second kappa shape index (κ2) is 11.3. The number of fused-ring (bicyclic) bond motifs is 1. The second-order valence-electron chi connectivity index (χ2n) is 8.38. The number of carbonyl (C=O) groups excluding carboxylic acids is 1. The zero-order chi connectivity index (χ0) is 26.5. The van der Waals surface area contributed by atoms with Crippen molar-refractivity contribution in [2.75, 3.05) is 5.32 Å². The summed E-state index contributed by atoms with van der Waals surface area (Å²) in [6, 6.07) is 17.6. The van der Waals surface area contributed by atoms with Crippen LogP contribution in [0, 0.1) is 10.1 Å². The van der Waals surface area contributed by atoms with Crippen LogP contribution in [0.5, 0.6) is 0 Å². The molecule has 0 aliphatic rings. The summed E-state index contributed by atoms with van der Waals surface area (Å²) in [5.41, 5.74) is 4.47. The lowest BCUT2D eigenvalue weighted by molar-refractivity contribution is -0.384. The lowest BCUT2D eigenvalue weighted by Gasteiger charge is -2.08. The number of hydrogen-bond acceptors (Lipinski definition) is 6. The van der Waals surface area contributed by atoms with Crippen molar-refractivity contribution in [3.8, 4) is 11.5 Å². The van der Waals surface area contributed by atoms with Crippen molar-refractivity contribution in [1.82, 2.24) is 10.3 Å². The molecular formula is C27H23ClN4O4S. The Labute approximate surface area is 223 Å². The topological polar surface area (TPSA) is 110 Å². The first-order valence-corrected chi connectivity index (χ1v) is 12.3. The first-order valence-electron chi connectivity index (χ1n) is 11.5. The predicted molar refractivity (Wildman–Crippen MR) is 150 cm³/mol. The van der Waals surface area contributed by atoms with E-state index in [4.69, 9.17) is 28.2 Å². The van der Waals surface area contributed by atoms with Gasteiger partial charge in [-0.15, -0.1) is 0 Å². The maximum Gasteiger partial charge on any atom is 0.288 e. The molecule has 0 radical (unpaired) electrons. The maximum atomic E-state index is 12.2. The van der Waals surface area contributed by atoms with Gasteiger partial charge in [0.15, 0.2) is 10.7 Å². The lowest BCUT2D eigenvalue weighted by atomic mass is 9.98. The fourth-order valence-corrected chi connectivity index (χ4v) is 3.97. The summed E-state index contributed by atoms with van der Waals surface area (Å²) in [6.07, 6.45) is 3.71. The van der Waals surface area contributed by atoms with Crippen molar-refractivity contribution in [3.05, 3.63) is 93.0 Å². The molecule has 1 aromatic heterocycles. The molecule has 0 spiro atoms. The highest BCUT2D eigenvalue weighted by Crippen LogP contribution is 2.29. The van der Waals surface area contributed by atoms with E-state index in [1.165, 1.54) is 29.8 Å². The largest absolute Gasteiger partial charge is 0.436 e. The van der Waals surface area contributed by atoms with Gasteiger partial charge in [-0.1, -0.05) is 37.6 Å². The van der Waals surface area contributed by atoms with Crippen molar-refractivity contribution in [2.24, 2.45) is 0 Å². The third-order valence-electron chi connectivity index (χ3n) is 5.81. The van der Waals surface area contributed by atoms with E-state index in [1.807, 2.05) is 18.2 Å². The van der Waals surface area contributed by atoms with Crippen LogP contribution >= 0.6 is 23.8 Å². The normalized spacial score (nSPS) is 12.0. The predicted octanol–water partition coefficient (Wildman–Crippen LogP) is 7.10. The van der Waals surface area contributed by atoms with E-state index in [9.17, 15) is 14.9 Å². The zero-order valence-corrected chi connectivity index (χ0v) is 21.6. The Morgan fingerprint density at radius 2 is 1.95 bits per heavy atom. The lowest BCUT2D eigenvalue weighted by Crippen LogP contribution is -2.32. The average molecular weight is 535 g/mol. The first-order chi connectivity index (χ1) is 17.7. The fraction of sp³-hybridized carbons (Fsp3) is 0.148. The Kier molecular flexibility index (Phi) is 7.95. The van der Waals surface area contributed by atoms with Crippen LogP contribution < -0.4 is 10.6 Å². The summed E-state index contributed by atoms with van der Waals surface area (Å²) in [4.78, 5) is 27.3. The van der Waals surface area contributed by atoms with Crippen molar-refractivity contribution in [2.45, 2.75) is 26.2 Å². The van der Waals surface area contributed by atoms with E-state index in [1.54, 1.807) is 18.2 Å². The van der Waals surface area contributed by atoms with Crippen LogP contribution in [-0.4, -0.2) is 20.9 Å². The number of nitro groups is 1. The summed E-state index contributed by atoms with van der Waals surface area (Å²) < 4.78 is 5.92. The van der Waals surface area contributed by atoms with Crippen molar-refractivity contribution in [1.29, 1.82) is 0 Å². The molecule has 1 amide bonds. The van der Waals surface area contributed by atoms with E-state index < -0.39 is 10.8 Å². The number of benzene rings is 3. The van der Waals surface area contributed by atoms with E-state index in [2.05, 4.69) is 41.6 Å². The number of nitro benzene ring substituents is 1. The molecule has 4 rings (SSSR count). The van der Waals surface area contributed by atoms with Crippen molar-refractivity contribution >= 4 is 63.4 Å². The van der Waals surface area contributed by atoms with Gasteiger partial charge < -0.3 is 9.73 Å². The highest BCUT2D eigenvalue weighted by atomic mass is 35.5. The number of halogens is 1. The van der Waals surface area contributed by atoms with E-state index in [-0.39, 0.29) is 15.8 Å².